The van der Waals surface area contributed by atoms with Crippen LogP contribution in [0.3, 0.4) is 0 Å². The van der Waals surface area contributed by atoms with Gasteiger partial charge >= 0.3 is 0 Å². The van der Waals surface area contributed by atoms with Gasteiger partial charge in [-0.15, -0.1) is 11.3 Å². The number of thiazole rings is 1. The van der Waals surface area contributed by atoms with Crippen LogP contribution in [0.5, 0.6) is 11.5 Å². The molecule has 0 radical (unpaired) electrons. The van der Waals surface area contributed by atoms with Gasteiger partial charge in [-0.05, 0) is 36.4 Å². The average molecular weight is 495 g/mol. The highest BCUT2D eigenvalue weighted by Gasteiger charge is 2.32. The molecule has 1 aliphatic rings. The highest BCUT2D eigenvalue weighted by Crippen LogP contribution is 2.44. The van der Waals surface area contributed by atoms with Crippen LogP contribution in [0.1, 0.15) is 17.0 Å². The van der Waals surface area contributed by atoms with Crippen LogP contribution in [0.4, 0.5) is 5.69 Å². The minimum Gasteiger partial charge on any atom is -0.457 e. The van der Waals surface area contributed by atoms with Gasteiger partial charge in [-0.3, -0.25) is 4.79 Å². The van der Waals surface area contributed by atoms with Gasteiger partial charge in [0.25, 0.3) is 0 Å². The van der Waals surface area contributed by atoms with E-state index in [0.29, 0.717) is 16.5 Å². The van der Waals surface area contributed by atoms with Crippen molar-refractivity contribution in [3.05, 3.63) is 119 Å². The quantitative estimate of drug-likeness (QED) is 0.275. The van der Waals surface area contributed by atoms with Crippen LogP contribution in [0.25, 0.3) is 21.8 Å². The lowest BCUT2D eigenvalue weighted by atomic mass is 9.87. The number of nitrogens with one attached hydrogen (secondary N) is 1. The van der Waals surface area contributed by atoms with E-state index in [9.17, 15) is 4.79 Å². The smallest absolute Gasteiger partial charge is 0.236 e. The Morgan fingerprint density at radius 2 is 1.51 bits per heavy atom. The number of carbonyl (C=O) groups is 1. The molecule has 0 fully saturated rings. The molecule has 2 heterocycles. The normalized spacial score (nSPS) is 12.4. The Morgan fingerprint density at radius 3 is 2.23 bits per heavy atom. The van der Waals surface area contributed by atoms with Gasteiger partial charge in [0.15, 0.2) is 0 Å². The monoisotopic (exact) mass is 494 g/mol. The maximum Gasteiger partial charge on any atom is 0.236 e. The van der Waals surface area contributed by atoms with Crippen molar-refractivity contribution >= 4 is 34.5 Å². The maximum atomic E-state index is 13.6. The summed E-state index contributed by atoms with van der Waals surface area (Å²) in [6.07, 6.45) is 0. The van der Waals surface area contributed by atoms with Crippen molar-refractivity contribution in [1.82, 2.24) is 4.98 Å². The van der Waals surface area contributed by atoms with Gasteiger partial charge in [0.1, 0.15) is 16.5 Å². The fourth-order valence-electron chi connectivity index (χ4n) is 4.29. The third-order valence-electron chi connectivity index (χ3n) is 5.96. The molecule has 6 rings (SSSR count). The van der Waals surface area contributed by atoms with Crippen LogP contribution in [-0.4, -0.2) is 10.9 Å². The molecule has 0 spiro atoms. The first-order valence-electron chi connectivity index (χ1n) is 11.1. The zero-order valence-electron chi connectivity index (χ0n) is 18.4. The molecular weight excluding hydrogens is 476 g/mol. The van der Waals surface area contributed by atoms with Crippen molar-refractivity contribution in [2.24, 2.45) is 0 Å². The largest absolute Gasteiger partial charge is 0.457 e. The van der Waals surface area contributed by atoms with E-state index in [2.05, 4.69) is 5.32 Å². The topological polar surface area (TPSA) is 51.2 Å². The highest BCUT2D eigenvalue weighted by molar-refractivity contribution is 7.13. The van der Waals surface area contributed by atoms with Gasteiger partial charge in [0, 0.05) is 38.3 Å². The fraction of sp³-hybridized carbons (Fsp3) is 0.0345. The summed E-state index contributed by atoms with van der Waals surface area (Å²) < 4.78 is 6.04. The number of fused-ring (bicyclic) bond motifs is 2. The second-order valence-corrected chi connectivity index (χ2v) is 9.52. The van der Waals surface area contributed by atoms with Crippen LogP contribution in [0, 0.1) is 0 Å². The van der Waals surface area contributed by atoms with Gasteiger partial charge in [0.05, 0.1) is 11.6 Å². The molecule has 0 unspecified atom stereocenters. The molecule has 1 aliphatic heterocycles. The molecule has 0 bridgehead atoms. The number of para-hydroxylation sites is 2. The van der Waals surface area contributed by atoms with Crippen molar-refractivity contribution in [3.63, 3.8) is 0 Å². The van der Waals surface area contributed by atoms with Crippen molar-refractivity contribution in [2.45, 2.75) is 5.92 Å². The lowest BCUT2D eigenvalue weighted by Crippen LogP contribution is -2.25. The van der Waals surface area contributed by atoms with Crippen molar-refractivity contribution < 1.29 is 9.53 Å². The molecule has 35 heavy (non-hydrogen) atoms. The molecular formula is C29H19ClN2O2S. The Labute approximate surface area is 211 Å². The number of amides is 1. The zero-order chi connectivity index (χ0) is 23.8. The van der Waals surface area contributed by atoms with Gasteiger partial charge in [0.2, 0.25) is 5.91 Å². The standard InChI is InChI=1S/C29H19ClN2O2S/c30-20-14-12-18(13-15-20)29-32-24(17-35-29)19-6-5-7-21(16-19)31-28(33)27-22-8-1-3-10-25(22)34-26-11-4-2-9-23(26)27/h1-17,27H,(H,31,33). The number of halogens is 1. The molecule has 0 atom stereocenters. The molecule has 0 saturated carbocycles. The lowest BCUT2D eigenvalue weighted by Gasteiger charge is -2.27. The van der Waals surface area contributed by atoms with Crippen molar-refractivity contribution in [2.75, 3.05) is 5.32 Å². The van der Waals surface area contributed by atoms with Crippen molar-refractivity contribution in [3.8, 4) is 33.3 Å². The Bertz CT molecular complexity index is 1500. The molecule has 0 aliphatic carbocycles. The van der Waals surface area contributed by atoms with E-state index in [0.717, 1.165) is 38.6 Å². The van der Waals surface area contributed by atoms with Gasteiger partial charge in [-0.25, -0.2) is 4.98 Å². The van der Waals surface area contributed by atoms with Crippen molar-refractivity contribution in [1.29, 1.82) is 0 Å². The molecule has 1 amide bonds. The van der Waals surface area contributed by atoms with E-state index in [1.165, 1.54) is 0 Å². The number of nitrogens with zero attached hydrogens (tertiary/aromatic N) is 1. The first-order chi connectivity index (χ1) is 17.2. The number of aromatic nitrogens is 1. The summed E-state index contributed by atoms with van der Waals surface area (Å²) in [7, 11) is 0. The maximum absolute atomic E-state index is 13.6. The van der Waals surface area contributed by atoms with Crippen LogP contribution in [0.15, 0.2) is 102 Å². The van der Waals surface area contributed by atoms with Gasteiger partial charge < -0.3 is 10.1 Å². The third kappa shape index (κ3) is 4.20. The number of rotatable bonds is 4. The Kier molecular flexibility index (Phi) is 5.57. The summed E-state index contributed by atoms with van der Waals surface area (Å²) in [6, 6.07) is 30.8. The average Bonchev–Trinajstić information content (AvgIpc) is 3.38. The fourth-order valence-corrected chi connectivity index (χ4v) is 5.26. The SMILES string of the molecule is O=C(Nc1cccc(-c2csc(-c3ccc(Cl)cc3)n2)c1)C1c2ccccc2Oc2ccccc21. The first-order valence-corrected chi connectivity index (χ1v) is 12.4. The molecule has 170 valence electrons. The summed E-state index contributed by atoms with van der Waals surface area (Å²) in [5, 5.41) is 6.75. The summed E-state index contributed by atoms with van der Waals surface area (Å²) in [6.45, 7) is 0. The number of hydrogen-bond acceptors (Lipinski definition) is 4. The highest BCUT2D eigenvalue weighted by atomic mass is 35.5. The number of anilines is 1. The van der Waals surface area contributed by atoms with Gasteiger partial charge in [-0.2, -0.15) is 0 Å². The van der Waals surface area contributed by atoms with Crippen LogP contribution >= 0.6 is 22.9 Å². The summed E-state index contributed by atoms with van der Waals surface area (Å²) >= 11 is 7.59. The van der Waals surface area contributed by atoms with E-state index in [-0.39, 0.29) is 5.91 Å². The second-order valence-electron chi connectivity index (χ2n) is 8.23. The molecule has 5 aromatic rings. The second kappa shape index (κ2) is 9.02. The predicted octanol–water partition coefficient (Wildman–Crippen LogP) is 8.01. The number of benzene rings is 4. The molecule has 1 aromatic heterocycles. The first kappa shape index (κ1) is 21.6. The van der Waals surface area contributed by atoms with Crippen LogP contribution < -0.4 is 10.1 Å². The minimum absolute atomic E-state index is 0.106. The van der Waals surface area contributed by atoms with E-state index < -0.39 is 5.92 Å². The summed E-state index contributed by atoms with van der Waals surface area (Å²) in [5.41, 5.74) is 5.24. The van der Waals surface area contributed by atoms with E-state index in [4.69, 9.17) is 21.3 Å². The zero-order valence-corrected chi connectivity index (χ0v) is 20.0. The molecule has 4 aromatic carbocycles. The predicted molar refractivity (Wildman–Crippen MR) is 141 cm³/mol. The Morgan fingerprint density at radius 1 is 0.829 bits per heavy atom. The Balaban J connectivity index is 1.28. The van der Waals surface area contributed by atoms with Crippen LogP contribution in [0.2, 0.25) is 5.02 Å². The van der Waals surface area contributed by atoms with E-state index in [1.807, 2.05) is 102 Å². The van der Waals surface area contributed by atoms with Crippen LogP contribution in [-0.2, 0) is 4.79 Å². The molecule has 6 heteroatoms. The molecule has 1 N–H and O–H groups in total. The number of hydrogen-bond donors (Lipinski definition) is 1. The Hall–Kier alpha value is -3.93. The summed E-state index contributed by atoms with van der Waals surface area (Å²) in [4.78, 5) is 18.4. The minimum atomic E-state index is -0.462. The van der Waals surface area contributed by atoms with E-state index in [1.54, 1.807) is 11.3 Å². The van der Waals surface area contributed by atoms with Gasteiger partial charge in [-0.1, -0.05) is 72.3 Å². The number of ether oxygens (including phenoxy) is 1. The van der Waals surface area contributed by atoms with E-state index >= 15 is 0 Å². The number of carbonyl (C=O) groups excluding carboxylic acids is 1. The third-order valence-corrected chi connectivity index (χ3v) is 7.11. The molecule has 4 nitrogen and oxygen atoms in total. The molecule has 0 saturated heterocycles. The summed E-state index contributed by atoms with van der Waals surface area (Å²) in [5.74, 6) is 0.843. The lowest BCUT2D eigenvalue weighted by molar-refractivity contribution is -0.116.